The summed E-state index contributed by atoms with van der Waals surface area (Å²) in [6, 6.07) is 5.89. The number of carbonyl (C=O) groups excluding carboxylic acids is 3. The number of nitrogens with zero attached hydrogens (tertiary/aromatic N) is 3. The van der Waals surface area contributed by atoms with E-state index in [1.54, 1.807) is 64.9 Å². The highest BCUT2D eigenvalue weighted by molar-refractivity contribution is 8.02. The number of thioether (sulfide) groups is 1. The summed E-state index contributed by atoms with van der Waals surface area (Å²) < 4.78 is 4.53. The number of ether oxygens (including phenoxy) is 1. The summed E-state index contributed by atoms with van der Waals surface area (Å²) in [6.07, 6.45) is 4.59. The van der Waals surface area contributed by atoms with Crippen LogP contribution >= 0.6 is 11.8 Å². The number of aliphatic hydroxyl groups is 1. The Morgan fingerprint density at radius 2 is 1.89 bits per heavy atom. The van der Waals surface area contributed by atoms with Crippen molar-refractivity contribution < 1.29 is 24.2 Å². The van der Waals surface area contributed by atoms with Crippen LogP contribution < -0.4 is 9.64 Å². The van der Waals surface area contributed by atoms with Crippen molar-refractivity contribution in [1.82, 2.24) is 9.80 Å². The van der Waals surface area contributed by atoms with E-state index in [0.717, 1.165) is 6.42 Å². The molecule has 0 aromatic heterocycles. The predicted octanol–water partition coefficient (Wildman–Crippen LogP) is 2.97. The number of carbonyl (C=O) groups is 3. The van der Waals surface area contributed by atoms with Gasteiger partial charge in [0.25, 0.3) is 5.91 Å². The van der Waals surface area contributed by atoms with Crippen LogP contribution in [0.25, 0.3) is 0 Å². The maximum Gasteiger partial charge on any atom is 0.251 e. The van der Waals surface area contributed by atoms with Gasteiger partial charge in [0.1, 0.15) is 11.8 Å². The lowest BCUT2D eigenvalue weighted by atomic mass is 9.65. The number of anilines is 1. The van der Waals surface area contributed by atoms with Crippen molar-refractivity contribution in [1.29, 1.82) is 0 Å². The first-order valence-corrected chi connectivity index (χ1v) is 14.1. The smallest absolute Gasteiger partial charge is 0.251 e. The number of amides is 3. The summed E-state index contributed by atoms with van der Waals surface area (Å²) in [6.45, 7) is 12.0. The first-order valence-electron chi connectivity index (χ1n) is 13.2. The van der Waals surface area contributed by atoms with Gasteiger partial charge < -0.3 is 24.5 Å². The molecule has 1 spiro atoms. The number of hydrogen-bond donors (Lipinski definition) is 1. The van der Waals surface area contributed by atoms with Crippen LogP contribution in [0.15, 0.2) is 49.6 Å². The monoisotopic (exact) mass is 541 g/mol. The molecule has 3 aliphatic rings. The third-order valence-corrected chi connectivity index (χ3v) is 10.6. The zero-order valence-electron chi connectivity index (χ0n) is 22.7. The fraction of sp³-hybridized carbons (Fsp3) is 0.552. The fourth-order valence-corrected chi connectivity index (χ4v) is 9.12. The summed E-state index contributed by atoms with van der Waals surface area (Å²) >= 11 is 1.64. The second-order valence-electron chi connectivity index (χ2n) is 10.5. The summed E-state index contributed by atoms with van der Waals surface area (Å²) in [5.41, 5.74) is 0.670. The molecular formula is C29H39N3O5S. The molecule has 1 aromatic carbocycles. The molecule has 3 unspecified atom stereocenters. The number of fused-ring (bicyclic) bond motifs is 1. The van der Waals surface area contributed by atoms with Gasteiger partial charge in [-0.1, -0.05) is 26.0 Å². The van der Waals surface area contributed by atoms with Crippen molar-refractivity contribution in [3.05, 3.63) is 49.6 Å². The van der Waals surface area contributed by atoms with Gasteiger partial charge in [-0.2, -0.15) is 0 Å². The Hall–Kier alpha value is -2.78. The molecule has 3 fully saturated rings. The Morgan fingerprint density at radius 3 is 2.45 bits per heavy atom. The molecule has 38 heavy (non-hydrogen) atoms. The van der Waals surface area contributed by atoms with E-state index in [1.807, 2.05) is 19.1 Å². The molecule has 0 saturated carbocycles. The third-order valence-electron chi connectivity index (χ3n) is 8.52. The Balaban J connectivity index is 1.83. The molecule has 8 nitrogen and oxygen atoms in total. The van der Waals surface area contributed by atoms with Crippen LogP contribution in [0.1, 0.15) is 26.7 Å². The number of aliphatic hydroxyl groups excluding tert-OH is 1. The van der Waals surface area contributed by atoms with Gasteiger partial charge in [-0.25, -0.2) is 0 Å². The Labute approximate surface area is 229 Å². The van der Waals surface area contributed by atoms with Crippen molar-refractivity contribution in [3.63, 3.8) is 0 Å². The van der Waals surface area contributed by atoms with Gasteiger partial charge in [-0.05, 0) is 43.0 Å². The highest BCUT2D eigenvalue weighted by Crippen LogP contribution is 2.69. The lowest BCUT2D eigenvalue weighted by Gasteiger charge is -2.42. The quantitative estimate of drug-likeness (QED) is 0.434. The number of hydrogen-bond acceptors (Lipinski definition) is 6. The molecule has 3 heterocycles. The molecule has 3 saturated heterocycles. The molecule has 1 aromatic rings. The van der Waals surface area contributed by atoms with Crippen LogP contribution in [0.4, 0.5) is 5.69 Å². The second kappa shape index (κ2) is 11.1. The minimum absolute atomic E-state index is 0.0387. The molecule has 9 heteroatoms. The van der Waals surface area contributed by atoms with Crippen LogP contribution in [0.5, 0.6) is 5.75 Å². The molecule has 0 radical (unpaired) electrons. The van der Waals surface area contributed by atoms with Crippen LogP contribution in [0.3, 0.4) is 0 Å². The Kier molecular flexibility index (Phi) is 8.28. The number of likely N-dealkylation sites (tertiary alicyclic amines) is 1. The average Bonchev–Trinajstić information content (AvgIpc) is 3.51. The van der Waals surface area contributed by atoms with E-state index in [0.29, 0.717) is 24.4 Å². The first-order chi connectivity index (χ1) is 18.2. The van der Waals surface area contributed by atoms with Gasteiger partial charge in [-0.15, -0.1) is 24.9 Å². The van der Waals surface area contributed by atoms with E-state index < -0.39 is 28.7 Å². The molecule has 4 rings (SSSR count). The van der Waals surface area contributed by atoms with Gasteiger partial charge in [0.15, 0.2) is 0 Å². The summed E-state index contributed by atoms with van der Waals surface area (Å²) in [7, 11) is 3.32. The van der Waals surface area contributed by atoms with Crippen LogP contribution in [-0.2, 0) is 14.4 Å². The fourth-order valence-electron chi connectivity index (χ4n) is 6.73. The Morgan fingerprint density at radius 1 is 1.24 bits per heavy atom. The maximum atomic E-state index is 14.6. The number of rotatable bonds is 11. The average molecular weight is 542 g/mol. The standard InChI is InChI=1S/C29H39N3O5S/c1-7-14-30(5)26(34)23-22-16-18(4)29(38-22)24(23)27(35)32(19(9-3)17-33)25(29)28(36)31(15-8-2)20-10-12-21(37-6)13-11-20/h7-8,10-13,18-19,22-25,33H,1-2,9,14-17H2,3-6H3/t18?,19-,22-,23+,24-,25?,29?/m0/s1. The van der Waals surface area contributed by atoms with Crippen molar-refractivity contribution in [2.24, 2.45) is 17.8 Å². The molecule has 0 aliphatic carbocycles. The van der Waals surface area contributed by atoms with Crippen LogP contribution in [0, 0.1) is 17.8 Å². The van der Waals surface area contributed by atoms with Crippen molar-refractivity contribution in [3.8, 4) is 5.75 Å². The molecule has 3 aliphatic heterocycles. The van der Waals surface area contributed by atoms with Crippen LogP contribution in [0.2, 0.25) is 0 Å². The third kappa shape index (κ3) is 4.24. The molecule has 206 valence electrons. The maximum absolute atomic E-state index is 14.6. The van der Waals surface area contributed by atoms with E-state index >= 15 is 0 Å². The summed E-state index contributed by atoms with van der Waals surface area (Å²) in [5, 5.41) is 10.3. The minimum Gasteiger partial charge on any atom is -0.497 e. The highest BCUT2D eigenvalue weighted by atomic mass is 32.2. The SMILES string of the molecule is C=CCN(C)C(=O)[C@@H]1[C@@H]2CC(C)C3(S2)C(C(=O)N(CC=C)c2ccc(OC)cc2)N([C@@H](CC)CO)C(=O)[C@H]13. The van der Waals surface area contributed by atoms with E-state index in [9.17, 15) is 19.5 Å². The van der Waals surface area contributed by atoms with Crippen molar-refractivity contribution in [2.75, 3.05) is 38.8 Å². The second-order valence-corrected chi connectivity index (χ2v) is 12.0. The minimum atomic E-state index is -0.813. The largest absolute Gasteiger partial charge is 0.497 e. The lowest BCUT2D eigenvalue weighted by Crippen LogP contribution is -2.59. The predicted molar refractivity (Wildman–Crippen MR) is 150 cm³/mol. The van der Waals surface area contributed by atoms with Gasteiger partial charge in [0.2, 0.25) is 11.8 Å². The topological polar surface area (TPSA) is 90.4 Å². The van der Waals surface area contributed by atoms with Gasteiger partial charge in [-0.3, -0.25) is 14.4 Å². The summed E-state index contributed by atoms with van der Waals surface area (Å²) in [4.78, 5) is 47.4. The Bertz CT molecular complexity index is 1090. The zero-order chi connectivity index (χ0) is 27.8. The van der Waals surface area contributed by atoms with Gasteiger partial charge in [0.05, 0.1) is 36.3 Å². The van der Waals surface area contributed by atoms with Gasteiger partial charge in [0, 0.05) is 31.1 Å². The van der Waals surface area contributed by atoms with Crippen molar-refractivity contribution in [2.45, 2.75) is 48.8 Å². The number of likely N-dealkylation sites (N-methyl/N-ethyl adjacent to an activating group) is 1. The normalized spacial score (nSPS) is 30.1. The molecular weight excluding hydrogens is 502 g/mol. The molecule has 2 bridgehead atoms. The highest BCUT2D eigenvalue weighted by Gasteiger charge is 2.76. The summed E-state index contributed by atoms with van der Waals surface area (Å²) in [5.74, 6) is -0.939. The number of methoxy groups -OCH3 is 1. The molecule has 1 N–H and O–H groups in total. The lowest BCUT2D eigenvalue weighted by molar-refractivity contribution is -0.145. The zero-order valence-corrected chi connectivity index (χ0v) is 23.5. The number of benzene rings is 1. The van der Waals surface area contributed by atoms with E-state index in [1.165, 1.54) is 0 Å². The van der Waals surface area contributed by atoms with E-state index in [4.69, 9.17) is 4.74 Å². The first kappa shape index (κ1) is 28.2. The van der Waals surface area contributed by atoms with Gasteiger partial charge >= 0.3 is 0 Å². The van der Waals surface area contributed by atoms with E-state index in [-0.39, 0.29) is 42.0 Å². The van der Waals surface area contributed by atoms with Crippen LogP contribution in [-0.4, -0.2) is 88.6 Å². The van der Waals surface area contributed by atoms with E-state index in [2.05, 4.69) is 20.1 Å². The van der Waals surface area contributed by atoms with Crippen molar-refractivity contribution >= 4 is 35.2 Å². The molecule has 7 atom stereocenters. The molecule has 3 amide bonds.